The minimum Gasteiger partial charge on any atom is -0.481 e. The Hall–Kier alpha value is -2.21. The summed E-state index contributed by atoms with van der Waals surface area (Å²) in [4.78, 5) is 28.2. The van der Waals surface area contributed by atoms with Gasteiger partial charge < -0.3 is 10.4 Å². The van der Waals surface area contributed by atoms with Crippen molar-refractivity contribution in [3.8, 4) is 11.3 Å². The largest absolute Gasteiger partial charge is 0.481 e. The molecule has 2 aromatic rings. The summed E-state index contributed by atoms with van der Waals surface area (Å²) in [6, 6.07) is 5.88. The zero-order valence-electron chi connectivity index (χ0n) is 13.7. The van der Waals surface area contributed by atoms with Gasteiger partial charge in [-0.3, -0.25) is 14.6 Å². The Morgan fingerprint density at radius 3 is 2.71 bits per heavy atom. The van der Waals surface area contributed by atoms with E-state index in [0.29, 0.717) is 13.0 Å². The van der Waals surface area contributed by atoms with Crippen LogP contribution in [-0.2, 0) is 16.1 Å². The number of hydrogen-bond acceptors (Lipinski definition) is 4. The lowest BCUT2D eigenvalue weighted by molar-refractivity contribution is -0.142. The van der Waals surface area contributed by atoms with E-state index >= 15 is 0 Å². The van der Waals surface area contributed by atoms with Crippen LogP contribution >= 0.6 is 11.3 Å². The number of carbonyl (C=O) groups excluding carboxylic acids is 1. The monoisotopic (exact) mass is 344 g/mol. The molecule has 2 heterocycles. The molecule has 0 bridgehead atoms. The molecule has 0 aromatic carbocycles. The Labute approximate surface area is 144 Å². The number of pyridine rings is 1. The van der Waals surface area contributed by atoms with E-state index in [4.69, 9.17) is 0 Å². The number of amides is 1. The molecule has 5 nitrogen and oxygen atoms in total. The fraction of sp³-hybridized carbons (Fsp3) is 0.389. The molecule has 6 heteroatoms. The normalized spacial score (nSPS) is 22.4. The molecule has 0 radical (unpaired) electrons. The second-order valence-corrected chi connectivity index (χ2v) is 7.32. The van der Waals surface area contributed by atoms with Gasteiger partial charge in [0.2, 0.25) is 5.91 Å². The van der Waals surface area contributed by atoms with Gasteiger partial charge in [-0.15, -0.1) is 0 Å². The van der Waals surface area contributed by atoms with Crippen LogP contribution in [0, 0.1) is 17.3 Å². The topological polar surface area (TPSA) is 79.3 Å². The van der Waals surface area contributed by atoms with Crippen LogP contribution in [0.2, 0.25) is 0 Å². The number of hydrogen-bond donors (Lipinski definition) is 2. The van der Waals surface area contributed by atoms with E-state index in [1.165, 1.54) is 0 Å². The Bertz CT molecular complexity index is 740. The molecule has 0 unspecified atom stereocenters. The van der Waals surface area contributed by atoms with E-state index in [1.54, 1.807) is 17.5 Å². The van der Waals surface area contributed by atoms with E-state index in [0.717, 1.165) is 16.8 Å². The third-order valence-electron chi connectivity index (χ3n) is 4.85. The van der Waals surface area contributed by atoms with Gasteiger partial charge in [-0.05, 0) is 35.4 Å². The Morgan fingerprint density at radius 2 is 2.21 bits per heavy atom. The Kier molecular flexibility index (Phi) is 4.41. The summed E-state index contributed by atoms with van der Waals surface area (Å²) in [5.41, 5.74) is 2.11. The van der Waals surface area contributed by atoms with Gasteiger partial charge in [-0.2, -0.15) is 11.3 Å². The SMILES string of the molecule is CC(C)[C@]1(C(=O)NCc2ccc(-c3ccsc3)nc2)C[C@H]1C(=O)O. The zero-order valence-corrected chi connectivity index (χ0v) is 14.5. The number of aromatic nitrogens is 1. The highest BCUT2D eigenvalue weighted by Gasteiger charge is 2.65. The molecule has 1 saturated carbocycles. The van der Waals surface area contributed by atoms with Crippen LogP contribution < -0.4 is 5.32 Å². The Balaban J connectivity index is 1.63. The molecular weight excluding hydrogens is 324 g/mol. The minimum atomic E-state index is -0.888. The predicted octanol–water partition coefficient (Wildman–Crippen LogP) is 3.17. The average Bonchev–Trinajstić information content (AvgIpc) is 3.12. The number of thiophene rings is 1. The minimum absolute atomic E-state index is 0.00214. The second kappa shape index (κ2) is 6.36. The van der Waals surface area contributed by atoms with Gasteiger partial charge in [0.15, 0.2) is 0 Å². The van der Waals surface area contributed by atoms with Crippen LogP contribution in [-0.4, -0.2) is 22.0 Å². The first-order valence-corrected chi connectivity index (χ1v) is 8.88. The number of carbonyl (C=O) groups is 2. The predicted molar refractivity (Wildman–Crippen MR) is 92.4 cm³/mol. The molecule has 1 aliphatic rings. The fourth-order valence-corrected chi connectivity index (χ4v) is 3.84. The van der Waals surface area contributed by atoms with Gasteiger partial charge in [0.25, 0.3) is 0 Å². The van der Waals surface area contributed by atoms with Crippen molar-refractivity contribution in [2.45, 2.75) is 26.8 Å². The van der Waals surface area contributed by atoms with Crippen LogP contribution in [0.15, 0.2) is 35.2 Å². The van der Waals surface area contributed by atoms with Gasteiger partial charge >= 0.3 is 5.97 Å². The fourth-order valence-electron chi connectivity index (χ4n) is 3.19. The van der Waals surface area contributed by atoms with Crippen LogP contribution in [0.25, 0.3) is 11.3 Å². The zero-order chi connectivity index (χ0) is 17.3. The maximum Gasteiger partial charge on any atom is 0.307 e. The molecule has 0 aliphatic heterocycles. The van der Waals surface area contributed by atoms with Crippen molar-refractivity contribution in [2.75, 3.05) is 0 Å². The number of carboxylic acid groups (broad SMARTS) is 1. The third kappa shape index (κ3) is 2.94. The maximum absolute atomic E-state index is 12.5. The van der Waals surface area contributed by atoms with E-state index in [9.17, 15) is 14.7 Å². The lowest BCUT2D eigenvalue weighted by Gasteiger charge is -2.20. The molecule has 0 saturated heterocycles. The molecule has 1 fully saturated rings. The molecule has 2 aromatic heterocycles. The quantitative estimate of drug-likeness (QED) is 0.843. The van der Waals surface area contributed by atoms with Crippen molar-refractivity contribution in [3.63, 3.8) is 0 Å². The third-order valence-corrected chi connectivity index (χ3v) is 5.53. The van der Waals surface area contributed by atoms with Crippen molar-refractivity contribution < 1.29 is 14.7 Å². The first-order chi connectivity index (χ1) is 11.4. The Morgan fingerprint density at radius 1 is 1.42 bits per heavy atom. The average molecular weight is 344 g/mol. The molecule has 2 atom stereocenters. The first kappa shape index (κ1) is 16.6. The van der Waals surface area contributed by atoms with Gasteiger partial charge in [-0.1, -0.05) is 19.9 Å². The molecule has 126 valence electrons. The lowest BCUT2D eigenvalue weighted by atomic mass is 9.88. The summed E-state index contributed by atoms with van der Waals surface area (Å²) in [7, 11) is 0. The second-order valence-electron chi connectivity index (χ2n) is 6.54. The molecule has 2 N–H and O–H groups in total. The highest BCUT2D eigenvalue weighted by molar-refractivity contribution is 7.08. The lowest BCUT2D eigenvalue weighted by Crippen LogP contribution is -2.37. The van der Waals surface area contributed by atoms with Crippen LogP contribution in [0.3, 0.4) is 0 Å². The highest BCUT2D eigenvalue weighted by Crippen LogP contribution is 2.58. The number of aliphatic carboxylic acids is 1. The summed E-state index contributed by atoms with van der Waals surface area (Å²) in [6.45, 7) is 4.16. The molecular formula is C18H20N2O3S. The summed E-state index contributed by atoms with van der Waals surface area (Å²) in [5, 5.41) is 16.1. The standard InChI is InChI=1S/C18H20N2O3S/c1-11(2)18(7-14(18)16(21)22)17(23)20-9-12-3-4-15(19-8-12)13-5-6-24-10-13/h3-6,8,10-11,14H,7,9H2,1-2H3,(H,20,23)(H,21,22)/t14-,18+/m0/s1. The number of nitrogens with one attached hydrogen (secondary N) is 1. The van der Waals surface area contributed by atoms with Crippen molar-refractivity contribution in [1.82, 2.24) is 10.3 Å². The summed E-state index contributed by atoms with van der Waals surface area (Å²) in [5.74, 6) is -1.64. The number of carboxylic acids is 1. The summed E-state index contributed by atoms with van der Waals surface area (Å²) in [6.07, 6.45) is 2.16. The highest BCUT2D eigenvalue weighted by atomic mass is 32.1. The van der Waals surface area contributed by atoms with Gasteiger partial charge in [-0.25, -0.2) is 0 Å². The maximum atomic E-state index is 12.5. The van der Waals surface area contributed by atoms with E-state index in [1.807, 2.05) is 42.8 Å². The first-order valence-electron chi connectivity index (χ1n) is 7.93. The summed E-state index contributed by atoms with van der Waals surface area (Å²) >= 11 is 1.62. The van der Waals surface area contributed by atoms with Crippen molar-refractivity contribution in [2.24, 2.45) is 17.3 Å². The molecule has 24 heavy (non-hydrogen) atoms. The summed E-state index contributed by atoms with van der Waals surface area (Å²) < 4.78 is 0. The van der Waals surface area contributed by atoms with Crippen LogP contribution in [0.5, 0.6) is 0 Å². The smallest absolute Gasteiger partial charge is 0.307 e. The van der Waals surface area contributed by atoms with Gasteiger partial charge in [0.05, 0.1) is 17.0 Å². The van der Waals surface area contributed by atoms with Crippen LogP contribution in [0.4, 0.5) is 0 Å². The van der Waals surface area contributed by atoms with E-state index in [2.05, 4.69) is 10.3 Å². The van der Waals surface area contributed by atoms with Gasteiger partial charge in [0.1, 0.15) is 0 Å². The van der Waals surface area contributed by atoms with Crippen molar-refractivity contribution >= 4 is 23.2 Å². The molecule has 1 amide bonds. The number of nitrogens with zero attached hydrogens (tertiary/aromatic N) is 1. The molecule has 1 aliphatic carbocycles. The van der Waals surface area contributed by atoms with Gasteiger partial charge in [0, 0.05) is 23.7 Å². The van der Waals surface area contributed by atoms with Crippen molar-refractivity contribution in [1.29, 1.82) is 0 Å². The number of rotatable bonds is 6. The van der Waals surface area contributed by atoms with Crippen molar-refractivity contribution in [3.05, 3.63) is 40.7 Å². The van der Waals surface area contributed by atoms with E-state index < -0.39 is 17.3 Å². The van der Waals surface area contributed by atoms with Crippen LogP contribution in [0.1, 0.15) is 25.8 Å². The van der Waals surface area contributed by atoms with E-state index in [-0.39, 0.29) is 11.8 Å². The molecule has 3 rings (SSSR count). The molecule has 0 spiro atoms.